The molecule has 0 aliphatic carbocycles. The van der Waals surface area contributed by atoms with Crippen molar-refractivity contribution in [2.45, 2.75) is 17.9 Å². The highest BCUT2D eigenvalue weighted by atomic mass is 32.5. The highest BCUT2D eigenvalue weighted by Crippen LogP contribution is 3.02. The summed E-state index contributed by atoms with van der Waals surface area (Å²) in [4.78, 5) is -2.25. The summed E-state index contributed by atoms with van der Waals surface area (Å²) in [6.45, 7) is 1.33. The Labute approximate surface area is 88.0 Å². The number of hydrogen-bond acceptors (Lipinski definition) is 1. The second kappa shape index (κ2) is 2.86. The van der Waals surface area contributed by atoms with E-state index >= 15 is 0 Å². The van der Waals surface area contributed by atoms with Crippen LogP contribution in [0.5, 0.6) is 0 Å². The lowest BCUT2D eigenvalue weighted by atomic mass is 10.1. The van der Waals surface area contributed by atoms with Crippen molar-refractivity contribution in [1.29, 1.82) is 0 Å². The molecule has 0 heterocycles. The first-order valence-corrected chi connectivity index (χ1v) is 6.05. The van der Waals surface area contributed by atoms with Crippen LogP contribution in [0.25, 0.3) is 0 Å². The van der Waals surface area contributed by atoms with E-state index in [4.69, 9.17) is 5.73 Å². The quantitative estimate of drug-likeness (QED) is 0.782. The summed E-state index contributed by atoms with van der Waals surface area (Å²) in [7, 11) is -9.81. The van der Waals surface area contributed by atoms with Crippen LogP contribution in [0.3, 0.4) is 0 Å². The van der Waals surface area contributed by atoms with Crippen molar-refractivity contribution in [3.63, 3.8) is 0 Å². The topological polar surface area (TPSA) is 26.0 Å². The van der Waals surface area contributed by atoms with Gasteiger partial charge in [-0.05, 0) is 19.1 Å². The Morgan fingerprint density at radius 2 is 1.62 bits per heavy atom. The van der Waals surface area contributed by atoms with E-state index in [0.717, 1.165) is 0 Å². The zero-order chi connectivity index (χ0) is 12.8. The number of halogens is 6. The lowest BCUT2D eigenvalue weighted by molar-refractivity contribution is 0.362. The molecular formula is C8H9F6NS. The molecule has 1 atom stereocenters. The van der Waals surface area contributed by atoms with Crippen molar-refractivity contribution in [2.24, 2.45) is 5.73 Å². The molecule has 2 N–H and O–H groups in total. The van der Waals surface area contributed by atoms with Gasteiger partial charge in [-0.15, -0.1) is 0 Å². The van der Waals surface area contributed by atoms with Crippen molar-refractivity contribution in [2.75, 3.05) is 0 Å². The lowest BCUT2D eigenvalue weighted by Crippen LogP contribution is -2.10. The van der Waals surface area contributed by atoms with Gasteiger partial charge in [-0.1, -0.05) is 25.5 Å². The molecule has 94 valence electrons. The summed E-state index contributed by atoms with van der Waals surface area (Å²) < 4.78 is 74.4. The van der Waals surface area contributed by atoms with Gasteiger partial charge in [0.15, 0.2) is 0 Å². The van der Waals surface area contributed by atoms with E-state index in [-0.39, 0.29) is 17.7 Å². The molecule has 1 aromatic rings. The first-order valence-electron chi connectivity index (χ1n) is 4.10. The van der Waals surface area contributed by atoms with Crippen LogP contribution >= 0.6 is 10.2 Å². The molecule has 1 nitrogen and oxygen atoms in total. The van der Waals surface area contributed by atoms with Gasteiger partial charge in [0, 0.05) is 11.6 Å². The molecule has 0 amide bonds. The molecule has 0 aliphatic rings. The summed E-state index contributed by atoms with van der Waals surface area (Å²) in [6, 6.07) is -0.329. The Bertz CT molecular complexity index is 423. The van der Waals surface area contributed by atoms with Gasteiger partial charge < -0.3 is 5.73 Å². The van der Waals surface area contributed by atoms with Crippen molar-refractivity contribution in [3.8, 4) is 0 Å². The SMILES string of the molecule is C[C@@H](N)c1ccc(S(F)(F)(F)(F)F)cc1F. The van der Waals surface area contributed by atoms with E-state index in [1.807, 2.05) is 0 Å². The molecule has 0 saturated carbocycles. The Morgan fingerprint density at radius 3 is 1.94 bits per heavy atom. The Balaban J connectivity index is 3.40. The van der Waals surface area contributed by atoms with E-state index in [1.54, 1.807) is 0 Å². The molecule has 0 bridgehead atoms. The van der Waals surface area contributed by atoms with E-state index in [1.165, 1.54) is 6.92 Å². The predicted octanol–water partition coefficient (Wildman–Crippen LogP) is 4.50. The number of benzene rings is 1. The molecule has 1 rings (SSSR count). The highest BCUT2D eigenvalue weighted by Gasteiger charge is 2.65. The Kier molecular flexibility index (Phi) is 2.36. The van der Waals surface area contributed by atoms with Crippen LogP contribution in [-0.2, 0) is 0 Å². The van der Waals surface area contributed by atoms with E-state index in [9.17, 15) is 23.8 Å². The third-order valence-corrected chi connectivity index (χ3v) is 3.05. The largest absolute Gasteiger partial charge is 0.324 e. The maximum Gasteiger partial charge on any atom is 0.310 e. The fraction of sp³-hybridized carbons (Fsp3) is 0.250. The van der Waals surface area contributed by atoms with Gasteiger partial charge in [-0.2, -0.15) is 0 Å². The molecule has 1 aromatic carbocycles. The molecular weight excluding hydrogens is 256 g/mol. The summed E-state index contributed by atoms with van der Waals surface area (Å²) in [5.74, 6) is -1.39. The summed E-state index contributed by atoms with van der Waals surface area (Å²) in [5, 5.41) is 0. The average molecular weight is 265 g/mol. The van der Waals surface area contributed by atoms with Gasteiger partial charge in [-0.3, -0.25) is 0 Å². The summed E-state index contributed by atoms with van der Waals surface area (Å²) >= 11 is 0. The van der Waals surface area contributed by atoms with Gasteiger partial charge in [0.2, 0.25) is 0 Å². The van der Waals surface area contributed by atoms with Crippen molar-refractivity contribution in [3.05, 3.63) is 29.6 Å². The first kappa shape index (κ1) is 13.2. The van der Waals surface area contributed by atoms with Gasteiger partial charge in [0.25, 0.3) is 0 Å². The zero-order valence-electron chi connectivity index (χ0n) is 8.06. The molecule has 16 heavy (non-hydrogen) atoms. The monoisotopic (exact) mass is 265 g/mol. The fourth-order valence-corrected chi connectivity index (χ4v) is 1.77. The van der Waals surface area contributed by atoms with Gasteiger partial charge in [-0.25, -0.2) is 4.39 Å². The van der Waals surface area contributed by atoms with E-state index in [2.05, 4.69) is 0 Å². The zero-order valence-corrected chi connectivity index (χ0v) is 8.88. The van der Waals surface area contributed by atoms with Crippen molar-refractivity contribution < 1.29 is 23.8 Å². The Hall–Kier alpha value is -0.890. The molecule has 8 heteroatoms. The number of rotatable bonds is 2. The van der Waals surface area contributed by atoms with Gasteiger partial charge in [0.1, 0.15) is 10.7 Å². The fourth-order valence-electron chi connectivity index (χ4n) is 1.12. The van der Waals surface area contributed by atoms with Gasteiger partial charge in [0.05, 0.1) is 0 Å². The maximum atomic E-state index is 13.1. The lowest BCUT2D eigenvalue weighted by Gasteiger charge is -2.40. The average Bonchev–Trinajstić information content (AvgIpc) is 1.98. The van der Waals surface area contributed by atoms with Crippen LogP contribution in [0.2, 0.25) is 0 Å². The van der Waals surface area contributed by atoms with Crippen LogP contribution in [0.1, 0.15) is 18.5 Å². The van der Waals surface area contributed by atoms with Crippen LogP contribution < -0.4 is 5.73 Å². The molecule has 0 aromatic heterocycles. The van der Waals surface area contributed by atoms with Gasteiger partial charge >= 0.3 is 10.2 Å². The van der Waals surface area contributed by atoms with Crippen molar-refractivity contribution in [1.82, 2.24) is 0 Å². The number of nitrogens with two attached hydrogens (primary N) is 1. The molecule has 0 unspecified atom stereocenters. The molecule has 0 radical (unpaired) electrons. The minimum atomic E-state index is -9.81. The third-order valence-electron chi connectivity index (χ3n) is 1.91. The molecule has 0 fully saturated rings. The van der Waals surface area contributed by atoms with E-state index in [0.29, 0.717) is 6.07 Å². The van der Waals surface area contributed by atoms with Crippen LogP contribution in [0, 0.1) is 5.82 Å². The standard InChI is InChI=1S/C8H9F6NS/c1-5(15)7-3-2-6(4-8(7)9)16(10,11,12,13)14/h2-5H,15H2,1H3/t5-/m1/s1. The summed E-state index contributed by atoms with van der Waals surface area (Å²) in [5.41, 5.74) is 5.00. The second-order valence-electron chi connectivity index (χ2n) is 3.44. The normalized spacial score (nSPS) is 18.8. The Morgan fingerprint density at radius 1 is 1.12 bits per heavy atom. The second-order valence-corrected chi connectivity index (χ2v) is 5.85. The predicted molar refractivity (Wildman–Crippen MR) is 50.4 cm³/mol. The van der Waals surface area contributed by atoms with Crippen LogP contribution in [0.4, 0.5) is 23.8 Å². The van der Waals surface area contributed by atoms with Crippen molar-refractivity contribution >= 4 is 10.2 Å². The maximum absolute atomic E-state index is 13.1. The molecule has 0 saturated heterocycles. The molecule has 0 spiro atoms. The van der Waals surface area contributed by atoms with E-state index < -0.39 is 27.0 Å². The third kappa shape index (κ3) is 2.82. The first-order chi connectivity index (χ1) is 6.81. The van der Waals surface area contributed by atoms with Crippen LogP contribution in [-0.4, -0.2) is 0 Å². The van der Waals surface area contributed by atoms with Crippen LogP contribution in [0.15, 0.2) is 23.1 Å². The smallest absolute Gasteiger partial charge is 0.310 e. The minimum absolute atomic E-state index is 0.142. The minimum Gasteiger partial charge on any atom is -0.324 e. The number of hydrogen-bond donors (Lipinski definition) is 1. The molecule has 0 aliphatic heterocycles. The summed E-state index contributed by atoms with van der Waals surface area (Å²) in [6.07, 6.45) is 0. The highest BCUT2D eigenvalue weighted by molar-refractivity contribution is 8.45.